The Hall–Kier alpha value is -3.91. The molecule has 1 aliphatic rings. The number of hydrogen-bond acceptors (Lipinski definition) is 8. The highest BCUT2D eigenvalue weighted by Gasteiger charge is 2.23. The number of anilines is 1. The highest BCUT2D eigenvalue weighted by Crippen LogP contribution is 2.34. The number of nitrogens with one attached hydrogen (secondary N) is 1. The molecule has 0 atom stereocenters. The van der Waals surface area contributed by atoms with Crippen LogP contribution in [-0.4, -0.2) is 35.8 Å². The zero-order valence-electron chi connectivity index (χ0n) is 16.5. The lowest BCUT2D eigenvalue weighted by Crippen LogP contribution is -2.21. The van der Waals surface area contributed by atoms with Gasteiger partial charge in [-0.1, -0.05) is 11.6 Å². The largest absolute Gasteiger partial charge is 0.493 e. The van der Waals surface area contributed by atoms with Crippen LogP contribution in [0.2, 0.25) is 5.02 Å². The second-order valence-corrected chi connectivity index (χ2v) is 6.86. The van der Waals surface area contributed by atoms with Crippen molar-refractivity contribution in [1.82, 2.24) is 9.97 Å². The average molecular weight is 438 g/mol. The lowest BCUT2D eigenvalue weighted by atomic mass is 10.1. The maximum atomic E-state index is 12.6. The van der Waals surface area contributed by atoms with Gasteiger partial charge in [0.1, 0.15) is 17.9 Å². The summed E-state index contributed by atoms with van der Waals surface area (Å²) in [5.41, 5.74) is 0.635. The number of carbonyl (C=O) groups is 2. The van der Waals surface area contributed by atoms with Crippen molar-refractivity contribution in [2.75, 3.05) is 19.5 Å². The van der Waals surface area contributed by atoms with Gasteiger partial charge in [0, 0.05) is 28.6 Å². The average Bonchev–Trinajstić information content (AvgIpc) is 2.77. The number of fused-ring (bicyclic) bond motifs is 1. The van der Waals surface area contributed by atoms with Crippen LogP contribution >= 0.6 is 11.6 Å². The fourth-order valence-corrected chi connectivity index (χ4v) is 3.08. The monoisotopic (exact) mass is 437 g/mol. The van der Waals surface area contributed by atoms with Crippen molar-refractivity contribution in [2.45, 2.75) is 0 Å². The van der Waals surface area contributed by atoms with Crippen molar-refractivity contribution < 1.29 is 23.8 Å². The summed E-state index contributed by atoms with van der Waals surface area (Å²) in [7, 11) is 3.04. The van der Waals surface area contributed by atoms with Gasteiger partial charge < -0.3 is 19.5 Å². The van der Waals surface area contributed by atoms with E-state index < -0.39 is 11.6 Å². The first-order valence-corrected chi connectivity index (χ1v) is 9.45. The Balaban J connectivity index is 1.60. The van der Waals surface area contributed by atoms with Gasteiger partial charge in [-0.25, -0.2) is 9.97 Å². The van der Waals surface area contributed by atoms with Crippen LogP contribution in [0.1, 0.15) is 0 Å². The number of halogens is 1. The number of hydrogen-bond donors (Lipinski definition) is 1. The highest BCUT2D eigenvalue weighted by atomic mass is 35.5. The minimum Gasteiger partial charge on any atom is -0.493 e. The molecular formula is C22H16ClN3O5. The predicted octanol–water partition coefficient (Wildman–Crippen LogP) is 3.71. The topological polar surface area (TPSA) is 99.6 Å². The van der Waals surface area contributed by atoms with Gasteiger partial charge in [0.25, 0.3) is 0 Å². The van der Waals surface area contributed by atoms with Gasteiger partial charge in [0.2, 0.25) is 11.6 Å². The van der Waals surface area contributed by atoms with Crippen LogP contribution in [0.5, 0.6) is 17.2 Å². The lowest BCUT2D eigenvalue weighted by Gasteiger charge is -2.16. The van der Waals surface area contributed by atoms with E-state index in [9.17, 15) is 9.59 Å². The minimum atomic E-state index is -0.463. The molecular weight excluding hydrogens is 422 g/mol. The number of methoxy groups -OCH3 is 2. The number of rotatable bonds is 6. The van der Waals surface area contributed by atoms with E-state index in [-0.39, 0.29) is 11.5 Å². The Morgan fingerprint density at radius 1 is 0.903 bits per heavy atom. The SMILES string of the molecule is COc1cc2ncnc(NC3=CC(=O)C(Oc4ccc(Cl)cc4)=CC3=O)c2cc1OC. The first-order valence-electron chi connectivity index (χ1n) is 9.07. The lowest BCUT2D eigenvalue weighted by molar-refractivity contribution is -0.116. The maximum absolute atomic E-state index is 12.6. The van der Waals surface area contributed by atoms with Crippen molar-refractivity contribution in [2.24, 2.45) is 0 Å². The van der Waals surface area contributed by atoms with Crippen LogP contribution in [0.15, 0.2) is 66.3 Å². The molecule has 8 nitrogen and oxygen atoms in total. The minimum absolute atomic E-state index is 0.0586. The molecule has 9 heteroatoms. The molecule has 2 aromatic carbocycles. The van der Waals surface area contributed by atoms with Gasteiger partial charge in [0.05, 0.1) is 25.4 Å². The molecule has 0 radical (unpaired) electrons. The molecule has 0 saturated heterocycles. The van der Waals surface area contributed by atoms with Gasteiger partial charge in [-0.3, -0.25) is 9.59 Å². The van der Waals surface area contributed by atoms with Crippen LogP contribution in [0.25, 0.3) is 10.9 Å². The Labute approximate surface area is 182 Å². The van der Waals surface area contributed by atoms with E-state index in [4.69, 9.17) is 25.8 Å². The molecule has 3 aromatic rings. The number of aromatic nitrogens is 2. The van der Waals surface area contributed by atoms with Crippen LogP contribution in [0.3, 0.4) is 0 Å². The van der Waals surface area contributed by atoms with E-state index in [0.717, 1.165) is 6.08 Å². The molecule has 1 heterocycles. The molecule has 0 unspecified atom stereocenters. The van der Waals surface area contributed by atoms with E-state index in [1.165, 1.54) is 26.6 Å². The van der Waals surface area contributed by atoms with E-state index in [1.807, 2.05) is 0 Å². The van der Waals surface area contributed by atoms with Gasteiger partial charge in [-0.2, -0.15) is 0 Å². The maximum Gasteiger partial charge on any atom is 0.223 e. The Bertz CT molecular complexity index is 1250. The fraction of sp³-hybridized carbons (Fsp3) is 0.0909. The molecule has 4 rings (SSSR count). The summed E-state index contributed by atoms with van der Waals surface area (Å²) in [5, 5.41) is 4.03. The second-order valence-electron chi connectivity index (χ2n) is 6.42. The van der Waals surface area contributed by atoms with Crippen molar-refractivity contribution in [3.05, 3.63) is 71.4 Å². The number of nitrogens with zero attached hydrogens (tertiary/aromatic N) is 2. The molecule has 1 N–H and O–H groups in total. The van der Waals surface area contributed by atoms with E-state index in [2.05, 4.69) is 15.3 Å². The first-order chi connectivity index (χ1) is 15.0. The number of ketones is 2. The molecule has 0 fully saturated rings. The van der Waals surface area contributed by atoms with Gasteiger partial charge in [-0.15, -0.1) is 0 Å². The van der Waals surface area contributed by atoms with Crippen LogP contribution < -0.4 is 19.5 Å². The molecule has 0 aliphatic heterocycles. The predicted molar refractivity (Wildman–Crippen MR) is 115 cm³/mol. The molecule has 0 amide bonds. The molecule has 0 saturated carbocycles. The van der Waals surface area contributed by atoms with Gasteiger partial charge in [-0.05, 0) is 30.3 Å². The molecule has 1 aromatic heterocycles. The normalized spacial score (nSPS) is 13.5. The number of carbonyl (C=O) groups excluding carboxylic acids is 2. The number of benzene rings is 2. The van der Waals surface area contributed by atoms with Crippen LogP contribution in [0, 0.1) is 0 Å². The van der Waals surface area contributed by atoms with Crippen molar-refractivity contribution >= 4 is 39.9 Å². The smallest absolute Gasteiger partial charge is 0.223 e. The third-order valence-corrected chi connectivity index (χ3v) is 4.73. The van der Waals surface area contributed by atoms with Crippen molar-refractivity contribution in [3.63, 3.8) is 0 Å². The van der Waals surface area contributed by atoms with Crippen LogP contribution in [0.4, 0.5) is 5.82 Å². The van der Waals surface area contributed by atoms with E-state index >= 15 is 0 Å². The standard InChI is InChI=1S/C22H16ClN3O5/c1-29-20-7-14-15(9-21(20)30-2)24-11-25-22(14)26-16-8-18(28)19(10-17(16)27)31-13-5-3-12(23)4-6-13/h3-11H,1-2H3,(H,24,25,26). The summed E-state index contributed by atoms with van der Waals surface area (Å²) in [6, 6.07) is 9.84. The van der Waals surface area contributed by atoms with Crippen molar-refractivity contribution in [3.8, 4) is 17.2 Å². The quantitative estimate of drug-likeness (QED) is 0.582. The Morgan fingerprint density at radius 3 is 2.32 bits per heavy atom. The first kappa shape index (κ1) is 20.4. The third-order valence-electron chi connectivity index (χ3n) is 4.48. The molecule has 0 bridgehead atoms. The molecule has 1 aliphatic carbocycles. The molecule has 0 spiro atoms. The van der Waals surface area contributed by atoms with Crippen molar-refractivity contribution in [1.29, 1.82) is 0 Å². The third kappa shape index (κ3) is 4.19. The summed E-state index contributed by atoms with van der Waals surface area (Å²) in [4.78, 5) is 33.5. The summed E-state index contributed by atoms with van der Waals surface area (Å²) < 4.78 is 16.1. The van der Waals surface area contributed by atoms with E-state index in [0.29, 0.717) is 39.0 Å². The summed E-state index contributed by atoms with van der Waals surface area (Å²) in [5.74, 6) is 0.738. The summed E-state index contributed by atoms with van der Waals surface area (Å²) in [6.45, 7) is 0. The molecule has 156 valence electrons. The Kier molecular flexibility index (Phi) is 5.55. The zero-order chi connectivity index (χ0) is 22.0. The van der Waals surface area contributed by atoms with E-state index in [1.54, 1.807) is 36.4 Å². The molecule has 31 heavy (non-hydrogen) atoms. The Morgan fingerprint density at radius 2 is 1.61 bits per heavy atom. The number of ether oxygens (including phenoxy) is 3. The second kappa shape index (κ2) is 8.45. The summed E-state index contributed by atoms with van der Waals surface area (Å²) >= 11 is 5.85. The number of allylic oxidation sites excluding steroid dienone is 2. The summed E-state index contributed by atoms with van der Waals surface area (Å²) in [6.07, 6.45) is 3.64. The fourth-order valence-electron chi connectivity index (χ4n) is 2.96. The van der Waals surface area contributed by atoms with Gasteiger partial charge in [0.15, 0.2) is 17.3 Å². The highest BCUT2D eigenvalue weighted by molar-refractivity contribution is 6.30. The van der Waals surface area contributed by atoms with Gasteiger partial charge >= 0.3 is 0 Å². The zero-order valence-corrected chi connectivity index (χ0v) is 17.3. The van der Waals surface area contributed by atoms with Crippen LogP contribution in [-0.2, 0) is 9.59 Å².